The monoisotopic (exact) mass is 241 g/mol. The Morgan fingerprint density at radius 2 is 2.19 bits per heavy atom. The number of amides is 1. The van der Waals surface area contributed by atoms with Crippen molar-refractivity contribution in [3.05, 3.63) is 21.9 Å². The average Bonchev–Trinajstić information content (AvgIpc) is 2.70. The van der Waals surface area contributed by atoms with Crippen LogP contribution in [0.1, 0.15) is 27.4 Å². The van der Waals surface area contributed by atoms with E-state index < -0.39 is 0 Å². The fourth-order valence-corrected chi connectivity index (χ4v) is 1.96. The minimum atomic E-state index is -0.249. The fraction of sp³-hybridized carbons (Fsp3) is 0.455. The summed E-state index contributed by atoms with van der Waals surface area (Å²) in [5, 5.41) is 2.76. The van der Waals surface area contributed by atoms with Gasteiger partial charge in [-0.15, -0.1) is 11.3 Å². The number of esters is 1. The quantitative estimate of drug-likeness (QED) is 0.631. The maximum absolute atomic E-state index is 11.6. The molecular formula is C11H15NO3S. The molecule has 0 aliphatic rings. The minimum Gasteiger partial charge on any atom is -0.469 e. The number of ether oxygens (including phenoxy) is 1. The standard InChI is InChI=1S/C11H15NO3S/c1-8-5-6-9(16-8)11(14)12-7-3-4-10(13)15-2/h5-6H,3-4,7H2,1-2H3,(H,12,14). The Morgan fingerprint density at radius 1 is 1.44 bits per heavy atom. The zero-order valence-corrected chi connectivity index (χ0v) is 10.2. The minimum absolute atomic E-state index is 0.0806. The number of carbonyl (C=O) groups is 2. The van der Waals surface area contributed by atoms with Crippen molar-refractivity contribution in [3.63, 3.8) is 0 Å². The first-order valence-electron chi connectivity index (χ1n) is 5.05. The highest BCUT2D eigenvalue weighted by Crippen LogP contribution is 2.14. The molecule has 1 aromatic heterocycles. The highest BCUT2D eigenvalue weighted by atomic mass is 32.1. The van der Waals surface area contributed by atoms with Gasteiger partial charge in [0.25, 0.3) is 5.91 Å². The zero-order chi connectivity index (χ0) is 12.0. The Hall–Kier alpha value is -1.36. The summed E-state index contributed by atoms with van der Waals surface area (Å²) in [6.07, 6.45) is 0.934. The zero-order valence-electron chi connectivity index (χ0n) is 9.41. The Labute approximate surface area is 98.6 Å². The van der Waals surface area contributed by atoms with Gasteiger partial charge in [-0.3, -0.25) is 9.59 Å². The van der Waals surface area contributed by atoms with Crippen molar-refractivity contribution < 1.29 is 14.3 Å². The van der Waals surface area contributed by atoms with Gasteiger partial charge in [-0.1, -0.05) is 0 Å². The molecule has 16 heavy (non-hydrogen) atoms. The van der Waals surface area contributed by atoms with E-state index in [4.69, 9.17) is 0 Å². The molecule has 1 N–H and O–H groups in total. The molecule has 0 aliphatic carbocycles. The van der Waals surface area contributed by atoms with Crippen LogP contribution in [0.4, 0.5) is 0 Å². The second-order valence-electron chi connectivity index (χ2n) is 3.35. The molecule has 0 unspecified atom stereocenters. The van der Waals surface area contributed by atoms with E-state index in [0.717, 1.165) is 4.88 Å². The van der Waals surface area contributed by atoms with Gasteiger partial charge >= 0.3 is 5.97 Å². The molecule has 4 nitrogen and oxygen atoms in total. The van der Waals surface area contributed by atoms with Crippen molar-refractivity contribution in [3.8, 4) is 0 Å². The van der Waals surface area contributed by atoms with Gasteiger partial charge in [0, 0.05) is 17.8 Å². The molecule has 1 heterocycles. The van der Waals surface area contributed by atoms with E-state index in [2.05, 4.69) is 10.1 Å². The Balaban J connectivity index is 2.23. The molecule has 0 fully saturated rings. The summed E-state index contributed by atoms with van der Waals surface area (Å²) in [5.74, 6) is -0.329. The van der Waals surface area contributed by atoms with Crippen LogP contribution >= 0.6 is 11.3 Å². The lowest BCUT2D eigenvalue weighted by Gasteiger charge is -2.02. The van der Waals surface area contributed by atoms with Crippen molar-refractivity contribution in [1.29, 1.82) is 0 Å². The van der Waals surface area contributed by atoms with E-state index in [-0.39, 0.29) is 11.9 Å². The van der Waals surface area contributed by atoms with Crippen LogP contribution in [0.2, 0.25) is 0 Å². The summed E-state index contributed by atoms with van der Waals surface area (Å²) >= 11 is 1.46. The Kier molecular flexibility index (Phi) is 4.98. The first-order chi connectivity index (χ1) is 7.63. The SMILES string of the molecule is COC(=O)CCCNC(=O)c1ccc(C)s1. The molecule has 5 heteroatoms. The van der Waals surface area contributed by atoms with Gasteiger partial charge in [0.15, 0.2) is 0 Å². The maximum atomic E-state index is 11.6. The lowest BCUT2D eigenvalue weighted by molar-refractivity contribution is -0.140. The molecule has 1 amide bonds. The molecule has 0 aliphatic heterocycles. The molecule has 1 aromatic rings. The topological polar surface area (TPSA) is 55.4 Å². The van der Waals surface area contributed by atoms with Crippen molar-refractivity contribution >= 4 is 23.2 Å². The fourth-order valence-electron chi connectivity index (χ4n) is 1.18. The third-order valence-corrected chi connectivity index (χ3v) is 3.03. The number of methoxy groups -OCH3 is 1. The summed E-state index contributed by atoms with van der Waals surface area (Å²) in [5.41, 5.74) is 0. The molecule has 1 rings (SSSR count). The smallest absolute Gasteiger partial charge is 0.305 e. The van der Waals surface area contributed by atoms with Crippen LogP contribution in [-0.4, -0.2) is 25.5 Å². The van der Waals surface area contributed by atoms with Crippen molar-refractivity contribution in [1.82, 2.24) is 5.32 Å². The molecule has 0 saturated carbocycles. The summed E-state index contributed by atoms with van der Waals surface area (Å²) in [7, 11) is 1.36. The highest BCUT2D eigenvalue weighted by Gasteiger charge is 2.07. The van der Waals surface area contributed by atoms with Crippen LogP contribution < -0.4 is 5.32 Å². The lowest BCUT2D eigenvalue weighted by Crippen LogP contribution is -2.24. The first-order valence-corrected chi connectivity index (χ1v) is 5.86. The normalized spacial score (nSPS) is 9.88. The molecule has 0 spiro atoms. The average molecular weight is 241 g/mol. The maximum Gasteiger partial charge on any atom is 0.305 e. The summed E-state index contributed by atoms with van der Waals surface area (Å²) in [4.78, 5) is 24.2. The predicted molar refractivity (Wildman–Crippen MR) is 62.6 cm³/mol. The molecular weight excluding hydrogens is 226 g/mol. The second-order valence-corrected chi connectivity index (χ2v) is 4.63. The van der Waals surface area contributed by atoms with Crippen LogP contribution in [0, 0.1) is 6.92 Å². The summed E-state index contributed by atoms with van der Waals surface area (Å²) in [6, 6.07) is 3.71. The molecule has 88 valence electrons. The van der Waals surface area contributed by atoms with Crippen molar-refractivity contribution in [2.75, 3.05) is 13.7 Å². The van der Waals surface area contributed by atoms with Gasteiger partial charge in [-0.05, 0) is 25.5 Å². The number of nitrogens with one attached hydrogen (secondary N) is 1. The second kappa shape index (κ2) is 6.27. The van der Waals surface area contributed by atoms with E-state index in [9.17, 15) is 9.59 Å². The van der Waals surface area contributed by atoms with Gasteiger partial charge in [-0.2, -0.15) is 0 Å². The molecule has 0 aromatic carbocycles. The summed E-state index contributed by atoms with van der Waals surface area (Å²) in [6.45, 7) is 2.45. The van der Waals surface area contributed by atoms with Crippen LogP contribution in [0.25, 0.3) is 0 Å². The van der Waals surface area contributed by atoms with E-state index in [0.29, 0.717) is 24.3 Å². The Morgan fingerprint density at radius 3 is 2.75 bits per heavy atom. The van der Waals surface area contributed by atoms with E-state index in [1.165, 1.54) is 18.4 Å². The van der Waals surface area contributed by atoms with Crippen LogP contribution in [0.5, 0.6) is 0 Å². The molecule has 0 bridgehead atoms. The van der Waals surface area contributed by atoms with Crippen molar-refractivity contribution in [2.24, 2.45) is 0 Å². The van der Waals surface area contributed by atoms with Crippen LogP contribution in [0.15, 0.2) is 12.1 Å². The van der Waals surface area contributed by atoms with E-state index in [1.807, 2.05) is 13.0 Å². The molecule has 0 radical (unpaired) electrons. The summed E-state index contributed by atoms with van der Waals surface area (Å²) < 4.78 is 4.50. The van der Waals surface area contributed by atoms with E-state index in [1.54, 1.807) is 6.07 Å². The van der Waals surface area contributed by atoms with Gasteiger partial charge in [0.05, 0.1) is 12.0 Å². The Bertz CT molecular complexity index is 373. The van der Waals surface area contributed by atoms with Gasteiger partial charge in [0.1, 0.15) is 0 Å². The van der Waals surface area contributed by atoms with Gasteiger partial charge in [-0.25, -0.2) is 0 Å². The van der Waals surface area contributed by atoms with Crippen molar-refractivity contribution in [2.45, 2.75) is 19.8 Å². The van der Waals surface area contributed by atoms with Gasteiger partial charge in [0.2, 0.25) is 0 Å². The van der Waals surface area contributed by atoms with Gasteiger partial charge < -0.3 is 10.1 Å². The van der Waals surface area contributed by atoms with E-state index >= 15 is 0 Å². The number of carbonyl (C=O) groups excluding carboxylic acids is 2. The third kappa shape index (κ3) is 4.02. The molecule has 0 saturated heterocycles. The number of rotatable bonds is 5. The number of aryl methyl sites for hydroxylation is 1. The number of thiophene rings is 1. The third-order valence-electron chi connectivity index (χ3n) is 2.04. The van der Waals surface area contributed by atoms with Crippen LogP contribution in [-0.2, 0) is 9.53 Å². The number of hydrogen-bond acceptors (Lipinski definition) is 4. The predicted octanol–water partition coefficient (Wildman–Crippen LogP) is 1.74. The van der Waals surface area contributed by atoms with Crippen LogP contribution in [0.3, 0.4) is 0 Å². The lowest BCUT2D eigenvalue weighted by atomic mass is 10.3. The first kappa shape index (κ1) is 12.7. The number of hydrogen-bond donors (Lipinski definition) is 1. The molecule has 0 atom stereocenters. The highest BCUT2D eigenvalue weighted by molar-refractivity contribution is 7.13. The largest absolute Gasteiger partial charge is 0.469 e.